The number of hydrogen-bond donors (Lipinski definition) is 1. The molecule has 0 saturated carbocycles. The predicted molar refractivity (Wildman–Crippen MR) is 115 cm³/mol. The molecule has 1 aliphatic carbocycles. The minimum atomic E-state index is -0.0393. The normalized spacial score (nSPS) is 17.4. The minimum Gasteiger partial charge on any atom is -0.497 e. The van der Waals surface area contributed by atoms with Crippen LogP contribution < -0.4 is 10.1 Å². The number of aryl methyl sites for hydroxylation is 2. The van der Waals surface area contributed by atoms with E-state index in [0.717, 1.165) is 41.2 Å². The van der Waals surface area contributed by atoms with E-state index in [4.69, 9.17) is 4.74 Å². The van der Waals surface area contributed by atoms with Crippen molar-refractivity contribution in [1.29, 1.82) is 0 Å². The number of fused-ring (bicyclic) bond motifs is 1. The molecule has 0 aliphatic heterocycles. The molecular weight excluding hydrogens is 378 g/mol. The molecule has 0 saturated heterocycles. The first-order valence-corrected chi connectivity index (χ1v) is 10.4. The Balaban J connectivity index is 1.52. The quantitative estimate of drug-likeness (QED) is 0.677. The largest absolute Gasteiger partial charge is 0.497 e. The summed E-state index contributed by atoms with van der Waals surface area (Å²) in [5.41, 5.74) is 4.28. The van der Waals surface area contributed by atoms with Gasteiger partial charge in [-0.05, 0) is 55.5 Å². The van der Waals surface area contributed by atoms with Gasteiger partial charge in [-0.3, -0.25) is 9.48 Å². The van der Waals surface area contributed by atoms with Crippen molar-refractivity contribution in [3.63, 3.8) is 0 Å². The average molecular weight is 408 g/mol. The summed E-state index contributed by atoms with van der Waals surface area (Å²) in [6, 6.07) is 9.80. The number of aromatic nitrogens is 4. The number of nitrogens with one attached hydrogen (secondary N) is 1. The van der Waals surface area contributed by atoms with Crippen molar-refractivity contribution >= 4 is 5.91 Å². The number of amides is 1. The summed E-state index contributed by atoms with van der Waals surface area (Å²) in [6.07, 6.45) is 6.01. The highest BCUT2D eigenvalue weighted by Crippen LogP contribution is 2.41. The van der Waals surface area contributed by atoms with Crippen molar-refractivity contribution in [2.24, 2.45) is 5.41 Å². The van der Waals surface area contributed by atoms with Crippen LogP contribution in [-0.2, 0) is 17.8 Å². The van der Waals surface area contributed by atoms with Crippen LogP contribution in [0.4, 0.5) is 0 Å². The number of ether oxygens (including phenoxy) is 1. The summed E-state index contributed by atoms with van der Waals surface area (Å²) in [5, 5.41) is 12.2. The van der Waals surface area contributed by atoms with E-state index in [1.165, 1.54) is 0 Å². The first-order chi connectivity index (χ1) is 14.3. The van der Waals surface area contributed by atoms with Crippen molar-refractivity contribution in [2.75, 3.05) is 7.11 Å². The number of rotatable bonds is 6. The second kappa shape index (κ2) is 7.97. The van der Waals surface area contributed by atoms with Gasteiger partial charge in [-0.25, -0.2) is 4.68 Å². The molecule has 4 rings (SSSR count). The van der Waals surface area contributed by atoms with E-state index in [2.05, 4.69) is 29.4 Å². The van der Waals surface area contributed by atoms with Crippen LogP contribution in [0.2, 0.25) is 0 Å². The molecular formula is C23H29N5O2. The van der Waals surface area contributed by atoms with Crippen LogP contribution in [-0.4, -0.2) is 32.6 Å². The number of carbonyl (C=O) groups is 1. The molecule has 0 unspecified atom stereocenters. The molecule has 0 radical (unpaired) electrons. The van der Waals surface area contributed by atoms with Gasteiger partial charge in [0.15, 0.2) is 0 Å². The molecule has 1 aromatic carbocycles. The SMILES string of the molecule is COc1ccc(-n2ncc3c2CC(C)(C)C[C@H]3NC(=O)CCn2ccc(C)n2)cc1. The Morgan fingerprint density at radius 3 is 2.70 bits per heavy atom. The van der Waals surface area contributed by atoms with Gasteiger partial charge in [-0.2, -0.15) is 10.2 Å². The second-order valence-electron chi connectivity index (χ2n) is 8.79. The van der Waals surface area contributed by atoms with Gasteiger partial charge in [0.1, 0.15) is 5.75 Å². The summed E-state index contributed by atoms with van der Waals surface area (Å²) >= 11 is 0. The highest BCUT2D eigenvalue weighted by molar-refractivity contribution is 5.76. The summed E-state index contributed by atoms with van der Waals surface area (Å²) in [5.74, 6) is 0.853. The first-order valence-electron chi connectivity index (χ1n) is 10.4. The topological polar surface area (TPSA) is 74.0 Å². The van der Waals surface area contributed by atoms with E-state index < -0.39 is 0 Å². The van der Waals surface area contributed by atoms with Gasteiger partial charge in [-0.1, -0.05) is 13.8 Å². The van der Waals surface area contributed by atoms with Crippen LogP contribution in [0.15, 0.2) is 42.7 Å². The highest BCUT2D eigenvalue weighted by atomic mass is 16.5. The molecule has 1 N–H and O–H groups in total. The molecule has 158 valence electrons. The Morgan fingerprint density at radius 1 is 1.27 bits per heavy atom. The van der Waals surface area contributed by atoms with Crippen LogP contribution in [0.25, 0.3) is 5.69 Å². The molecule has 0 spiro atoms. The summed E-state index contributed by atoms with van der Waals surface area (Å²) in [4.78, 5) is 12.7. The Labute approximate surface area is 177 Å². The third-order valence-corrected chi connectivity index (χ3v) is 5.67. The molecule has 0 bridgehead atoms. The lowest BCUT2D eigenvalue weighted by Crippen LogP contribution is -2.37. The zero-order chi connectivity index (χ0) is 21.3. The summed E-state index contributed by atoms with van der Waals surface area (Å²) in [7, 11) is 1.66. The van der Waals surface area contributed by atoms with Gasteiger partial charge in [-0.15, -0.1) is 0 Å². The van der Waals surface area contributed by atoms with E-state index in [0.29, 0.717) is 13.0 Å². The smallest absolute Gasteiger partial charge is 0.222 e. The zero-order valence-electron chi connectivity index (χ0n) is 18.1. The maximum atomic E-state index is 12.7. The molecule has 0 fully saturated rings. The molecule has 1 amide bonds. The summed E-state index contributed by atoms with van der Waals surface area (Å²) in [6.45, 7) is 7.01. The summed E-state index contributed by atoms with van der Waals surface area (Å²) < 4.78 is 9.07. The predicted octanol–water partition coefficient (Wildman–Crippen LogP) is 3.61. The lowest BCUT2D eigenvalue weighted by Gasteiger charge is -2.36. The third-order valence-electron chi connectivity index (χ3n) is 5.67. The second-order valence-corrected chi connectivity index (χ2v) is 8.79. The standard InChI is InChI=1S/C23H29N5O2/c1-16-9-11-27(26-16)12-10-22(29)25-20-13-23(2,3)14-21-19(20)15-24-28(21)17-5-7-18(30-4)8-6-17/h5-9,11,15,20H,10,12-14H2,1-4H3,(H,25,29)/t20-/m1/s1. The maximum absolute atomic E-state index is 12.7. The lowest BCUT2D eigenvalue weighted by molar-refractivity contribution is -0.122. The van der Waals surface area contributed by atoms with Crippen LogP contribution in [0.1, 0.15) is 49.7 Å². The lowest BCUT2D eigenvalue weighted by atomic mass is 9.74. The van der Waals surface area contributed by atoms with Crippen LogP contribution >= 0.6 is 0 Å². The molecule has 1 atom stereocenters. The fourth-order valence-electron chi connectivity index (χ4n) is 4.19. The molecule has 2 aromatic heterocycles. The van der Waals surface area contributed by atoms with Gasteiger partial charge < -0.3 is 10.1 Å². The van der Waals surface area contributed by atoms with Gasteiger partial charge in [0, 0.05) is 24.7 Å². The molecule has 3 aromatic rings. The van der Waals surface area contributed by atoms with Crippen molar-refractivity contribution in [1.82, 2.24) is 24.9 Å². The Hall–Kier alpha value is -3.09. The van der Waals surface area contributed by atoms with Gasteiger partial charge >= 0.3 is 0 Å². The van der Waals surface area contributed by atoms with E-state index in [1.54, 1.807) is 7.11 Å². The number of hydrogen-bond acceptors (Lipinski definition) is 4. The molecule has 30 heavy (non-hydrogen) atoms. The number of benzene rings is 1. The Bertz CT molecular complexity index is 1030. The molecule has 2 heterocycles. The highest BCUT2D eigenvalue weighted by Gasteiger charge is 2.36. The molecule has 7 heteroatoms. The van der Waals surface area contributed by atoms with Gasteiger partial charge in [0.05, 0.1) is 36.4 Å². The van der Waals surface area contributed by atoms with Gasteiger partial charge in [0.25, 0.3) is 0 Å². The van der Waals surface area contributed by atoms with Crippen LogP contribution in [0, 0.1) is 12.3 Å². The number of methoxy groups -OCH3 is 1. The van der Waals surface area contributed by atoms with Crippen molar-refractivity contribution in [3.8, 4) is 11.4 Å². The fraction of sp³-hybridized carbons (Fsp3) is 0.435. The van der Waals surface area contributed by atoms with E-state index >= 15 is 0 Å². The van der Waals surface area contributed by atoms with E-state index in [9.17, 15) is 4.79 Å². The minimum absolute atomic E-state index is 0.0361. The van der Waals surface area contributed by atoms with Crippen molar-refractivity contribution in [3.05, 3.63) is 59.7 Å². The number of nitrogens with zero attached hydrogens (tertiary/aromatic N) is 4. The average Bonchev–Trinajstić information content (AvgIpc) is 3.31. The fourth-order valence-corrected chi connectivity index (χ4v) is 4.19. The van der Waals surface area contributed by atoms with Crippen molar-refractivity contribution in [2.45, 2.75) is 52.6 Å². The molecule has 1 aliphatic rings. The number of carbonyl (C=O) groups excluding carboxylic acids is 1. The Kier molecular flexibility index (Phi) is 5.37. The van der Waals surface area contributed by atoms with E-state index in [1.807, 2.05) is 59.0 Å². The zero-order valence-corrected chi connectivity index (χ0v) is 18.1. The maximum Gasteiger partial charge on any atom is 0.222 e. The first kappa shape index (κ1) is 20.2. The van der Waals surface area contributed by atoms with Crippen LogP contribution in [0.5, 0.6) is 5.75 Å². The van der Waals surface area contributed by atoms with Gasteiger partial charge in [0.2, 0.25) is 5.91 Å². The van der Waals surface area contributed by atoms with E-state index in [-0.39, 0.29) is 17.4 Å². The third kappa shape index (κ3) is 4.25. The monoisotopic (exact) mass is 407 g/mol. The Morgan fingerprint density at radius 2 is 2.03 bits per heavy atom. The van der Waals surface area contributed by atoms with Crippen LogP contribution in [0.3, 0.4) is 0 Å². The molecule has 7 nitrogen and oxygen atoms in total. The van der Waals surface area contributed by atoms with Crippen molar-refractivity contribution < 1.29 is 9.53 Å².